The van der Waals surface area contributed by atoms with Gasteiger partial charge in [0.05, 0.1) is 0 Å². The van der Waals surface area contributed by atoms with Gasteiger partial charge in [0, 0.05) is 6.04 Å². The topological polar surface area (TPSA) is 26.0 Å². The quantitative estimate of drug-likeness (QED) is 0.808. The Morgan fingerprint density at radius 3 is 2.47 bits per heavy atom. The maximum absolute atomic E-state index is 13.6. The lowest BCUT2D eigenvalue weighted by Gasteiger charge is -2.14. The minimum absolute atomic E-state index is 0.0906. The largest absolute Gasteiger partial charge is 0.328 e. The van der Waals surface area contributed by atoms with Crippen LogP contribution in [0.5, 0.6) is 0 Å². The van der Waals surface area contributed by atoms with Gasteiger partial charge in [0.25, 0.3) is 0 Å². The van der Waals surface area contributed by atoms with Crippen molar-refractivity contribution < 1.29 is 4.39 Å². The molecule has 0 heterocycles. The Hall–Kier alpha value is -0.890. The van der Waals surface area contributed by atoms with Crippen molar-refractivity contribution in [2.24, 2.45) is 5.73 Å². The number of hydrogen-bond acceptors (Lipinski definition) is 1. The van der Waals surface area contributed by atoms with E-state index in [0.29, 0.717) is 0 Å². The summed E-state index contributed by atoms with van der Waals surface area (Å²) in [6.07, 6.45) is 1.88. The smallest absolute Gasteiger partial charge is 0.126 e. The number of hydrogen-bond donors (Lipinski definition) is 1. The van der Waals surface area contributed by atoms with Crippen molar-refractivity contribution >= 4 is 0 Å². The summed E-state index contributed by atoms with van der Waals surface area (Å²) in [5.41, 5.74) is 7.46. The van der Waals surface area contributed by atoms with Gasteiger partial charge >= 0.3 is 0 Å². The molecule has 1 aromatic carbocycles. The SMILES string of the molecule is Cc1ccc(C(C)CCC(C)N)c(F)c1. The first kappa shape index (κ1) is 12.2. The lowest BCUT2D eigenvalue weighted by molar-refractivity contribution is 0.536. The van der Waals surface area contributed by atoms with E-state index in [1.165, 1.54) is 0 Å². The second-order valence-electron chi connectivity index (χ2n) is 4.48. The Morgan fingerprint density at radius 2 is 1.93 bits per heavy atom. The highest BCUT2D eigenvalue weighted by Gasteiger charge is 2.11. The van der Waals surface area contributed by atoms with Gasteiger partial charge in [-0.05, 0) is 49.8 Å². The van der Waals surface area contributed by atoms with Crippen LogP contribution >= 0.6 is 0 Å². The summed E-state index contributed by atoms with van der Waals surface area (Å²) in [5.74, 6) is 0.156. The van der Waals surface area contributed by atoms with E-state index in [9.17, 15) is 4.39 Å². The standard InChI is InChI=1S/C13H20FN/c1-9-4-7-12(13(14)8-9)10(2)5-6-11(3)15/h4,7-8,10-11H,5-6,15H2,1-3H3. The molecule has 84 valence electrons. The van der Waals surface area contributed by atoms with E-state index in [2.05, 4.69) is 6.92 Å². The predicted octanol–water partition coefficient (Wildman–Crippen LogP) is 3.37. The van der Waals surface area contributed by atoms with Gasteiger partial charge in [-0.2, -0.15) is 0 Å². The average Bonchev–Trinajstić information content (AvgIpc) is 2.14. The van der Waals surface area contributed by atoms with E-state index in [0.717, 1.165) is 24.0 Å². The molecule has 0 fully saturated rings. The summed E-state index contributed by atoms with van der Waals surface area (Å²) < 4.78 is 13.6. The highest BCUT2D eigenvalue weighted by molar-refractivity contribution is 5.26. The number of nitrogens with two attached hydrogens (primary N) is 1. The fraction of sp³-hybridized carbons (Fsp3) is 0.538. The highest BCUT2D eigenvalue weighted by Crippen LogP contribution is 2.24. The molecule has 0 saturated heterocycles. The molecule has 0 aromatic heterocycles. The molecule has 0 aliphatic rings. The first-order valence-electron chi connectivity index (χ1n) is 5.52. The van der Waals surface area contributed by atoms with Gasteiger partial charge in [-0.15, -0.1) is 0 Å². The molecule has 0 radical (unpaired) electrons. The van der Waals surface area contributed by atoms with Crippen LogP contribution in [0.2, 0.25) is 0 Å². The first-order chi connectivity index (χ1) is 7.00. The zero-order valence-corrected chi connectivity index (χ0v) is 9.76. The van der Waals surface area contributed by atoms with Crippen molar-refractivity contribution in [3.8, 4) is 0 Å². The van der Waals surface area contributed by atoms with Crippen molar-refractivity contribution in [1.29, 1.82) is 0 Å². The van der Waals surface area contributed by atoms with Crippen LogP contribution in [0.4, 0.5) is 4.39 Å². The Morgan fingerprint density at radius 1 is 1.27 bits per heavy atom. The van der Waals surface area contributed by atoms with Gasteiger partial charge in [-0.1, -0.05) is 19.1 Å². The van der Waals surface area contributed by atoms with E-state index in [-0.39, 0.29) is 17.8 Å². The van der Waals surface area contributed by atoms with Gasteiger partial charge in [0.15, 0.2) is 0 Å². The Balaban J connectivity index is 2.69. The number of rotatable bonds is 4. The zero-order valence-electron chi connectivity index (χ0n) is 9.76. The first-order valence-corrected chi connectivity index (χ1v) is 5.52. The fourth-order valence-corrected chi connectivity index (χ4v) is 1.70. The molecule has 1 rings (SSSR count). The molecular weight excluding hydrogens is 189 g/mol. The van der Waals surface area contributed by atoms with Crippen LogP contribution in [-0.4, -0.2) is 6.04 Å². The lowest BCUT2D eigenvalue weighted by Crippen LogP contribution is -2.15. The van der Waals surface area contributed by atoms with Gasteiger partial charge < -0.3 is 5.73 Å². The molecule has 0 bridgehead atoms. The van der Waals surface area contributed by atoms with Gasteiger partial charge in [0.2, 0.25) is 0 Å². The summed E-state index contributed by atoms with van der Waals surface area (Å²) in [4.78, 5) is 0. The summed E-state index contributed by atoms with van der Waals surface area (Å²) in [7, 11) is 0. The average molecular weight is 209 g/mol. The van der Waals surface area contributed by atoms with E-state index < -0.39 is 0 Å². The second kappa shape index (κ2) is 5.26. The molecule has 15 heavy (non-hydrogen) atoms. The van der Waals surface area contributed by atoms with Crippen LogP contribution in [0.25, 0.3) is 0 Å². The molecule has 2 unspecified atom stereocenters. The molecular formula is C13H20FN. The van der Waals surface area contributed by atoms with Gasteiger partial charge in [0.1, 0.15) is 5.82 Å². The summed E-state index contributed by atoms with van der Waals surface area (Å²) in [5, 5.41) is 0. The molecule has 0 aliphatic heterocycles. The summed E-state index contributed by atoms with van der Waals surface area (Å²) in [6.45, 7) is 5.94. The number of aryl methyl sites for hydroxylation is 1. The van der Waals surface area contributed by atoms with Crippen LogP contribution in [0.15, 0.2) is 18.2 Å². The molecule has 2 atom stereocenters. The van der Waals surface area contributed by atoms with E-state index >= 15 is 0 Å². The molecule has 0 aliphatic carbocycles. The highest BCUT2D eigenvalue weighted by atomic mass is 19.1. The van der Waals surface area contributed by atoms with Crippen LogP contribution < -0.4 is 5.73 Å². The second-order valence-corrected chi connectivity index (χ2v) is 4.48. The molecule has 1 aromatic rings. The third-order valence-electron chi connectivity index (χ3n) is 2.74. The molecule has 2 N–H and O–H groups in total. The maximum Gasteiger partial charge on any atom is 0.126 e. The third-order valence-corrected chi connectivity index (χ3v) is 2.74. The van der Waals surface area contributed by atoms with Crippen LogP contribution in [0.3, 0.4) is 0 Å². The molecule has 1 nitrogen and oxygen atoms in total. The maximum atomic E-state index is 13.6. The molecule has 0 spiro atoms. The third kappa shape index (κ3) is 3.63. The summed E-state index contributed by atoms with van der Waals surface area (Å²) in [6, 6.07) is 5.63. The summed E-state index contributed by atoms with van der Waals surface area (Å²) >= 11 is 0. The zero-order chi connectivity index (χ0) is 11.4. The molecule has 0 amide bonds. The fourth-order valence-electron chi connectivity index (χ4n) is 1.70. The minimum atomic E-state index is -0.0906. The van der Waals surface area contributed by atoms with Crippen molar-refractivity contribution in [2.75, 3.05) is 0 Å². The van der Waals surface area contributed by atoms with Gasteiger partial charge in [-0.3, -0.25) is 0 Å². The number of halogens is 1. The van der Waals surface area contributed by atoms with Gasteiger partial charge in [-0.25, -0.2) is 4.39 Å². The Bertz CT molecular complexity index is 320. The lowest BCUT2D eigenvalue weighted by atomic mass is 9.93. The Kier molecular flexibility index (Phi) is 4.28. The minimum Gasteiger partial charge on any atom is -0.328 e. The van der Waals surface area contributed by atoms with Crippen molar-refractivity contribution in [3.63, 3.8) is 0 Å². The normalized spacial score (nSPS) is 15.0. The van der Waals surface area contributed by atoms with Crippen molar-refractivity contribution in [2.45, 2.75) is 45.6 Å². The van der Waals surface area contributed by atoms with Crippen molar-refractivity contribution in [3.05, 3.63) is 35.1 Å². The van der Waals surface area contributed by atoms with Crippen LogP contribution in [-0.2, 0) is 0 Å². The predicted molar refractivity (Wildman–Crippen MR) is 62.4 cm³/mol. The van der Waals surface area contributed by atoms with Crippen molar-refractivity contribution in [1.82, 2.24) is 0 Å². The van der Waals surface area contributed by atoms with E-state index in [1.807, 2.05) is 26.0 Å². The van der Waals surface area contributed by atoms with Crippen LogP contribution in [0.1, 0.15) is 43.7 Å². The van der Waals surface area contributed by atoms with E-state index in [4.69, 9.17) is 5.73 Å². The molecule has 0 saturated carbocycles. The Labute approximate surface area is 91.5 Å². The van der Waals surface area contributed by atoms with Crippen LogP contribution in [0, 0.1) is 12.7 Å². The van der Waals surface area contributed by atoms with E-state index in [1.54, 1.807) is 6.07 Å². The number of benzene rings is 1. The molecule has 2 heteroatoms. The monoisotopic (exact) mass is 209 g/mol.